The van der Waals surface area contributed by atoms with E-state index < -0.39 is 0 Å². The fourth-order valence-corrected chi connectivity index (χ4v) is 4.10. The van der Waals surface area contributed by atoms with E-state index in [1.807, 2.05) is 0 Å². The molecule has 3 aliphatic rings. The summed E-state index contributed by atoms with van der Waals surface area (Å²) in [6, 6.07) is 0.412. The molecule has 1 saturated heterocycles. The lowest BCUT2D eigenvalue weighted by Gasteiger charge is -2.21. The van der Waals surface area contributed by atoms with E-state index in [0.29, 0.717) is 43.9 Å². The number of nitrogens with zero attached hydrogens (tertiary/aromatic N) is 3. The van der Waals surface area contributed by atoms with Crippen molar-refractivity contribution in [3.8, 4) is 6.01 Å². The smallest absolute Gasteiger partial charge is 0.301 e. The summed E-state index contributed by atoms with van der Waals surface area (Å²) in [5.74, 6) is 1.11. The van der Waals surface area contributed by atoms with Crippen LogP contribution in [-0.2, 0) is 17.7 Å². The zero-order valence-electron chi connectivity index (χ0n) is 15.0. The van der Waals surface area contributed by atoms with Gasteiger partial charge in [-0.2, -0.15) is 4.98 Å². The van der Waals surface area contributed by atoms with Gasteiger partial charge in [0.25, 0.3) is 5.56 Å². The minimum absolute atomic E-state index is 0.0174. The Kier molecular flexibility index (Phi) is 4.88. The summed E-state index contributed by atoms with van der Waals surface area (Å²) in [5, 5.41) is 0. The van der Waals surface area contributed by atoms with Gasteiger partial charge >= 0.3 is 6.01 Å². The third-order valence-electron chi connectivity index (χ3n) is 5.50. The van der Waals surface area contributed by atoms with Crippen molar-refractivity contribution >= 4 is 11.5 Å². The molecule has 3 heterocycles. The Morgan fingerprint density at radius 2 is 2.08 bits per heavy atom. The molecule has 0 bridgehead atoms. The van der Waals surface area contributed by atoms with Gasteiger partial charge in [0, 0.05) is 25.1 Å². The molecule has 6 nitrogen and oxygen atoms in total. The summed E-state index contributed by atoms with van der Waals surface area (Å²) in [4.78, 5) is 22.4. The van der Waals surface area contributed by atoms with Crippen LogP contribution >= 0.6 is 0 Å². The predicted octanol–water partition coefficient (Wildman–Crippen LogP) is 3.03. The largest absolute Gasteiger partial charge is 0.459 e. The van der Waals surface area contributed by atoms with Crippen molar-refractivity contribution in [1.29, 1.82) is 0 Å². The second-order valence-corrected chi connectivity index (χ2v) is 7.37. The Bertz CT molecular complexity index is 713. The summed E-state index contributed by atoms with van der Waals surface area (Å²) in [5.41, 5.74) is 1.93. The van der Waals surface area contributed by atoms with Crippen molar-refractivity contribution < 1.29 is 9.47 Å². The molecule has 1 aromatic heterocycles. The van der Waals surface area contributed by atoms with Gasteiger partial charge in [-0.25, -0.2) is 4.99 Å². The van der Waals surface area contributed by atoms with Crippen molar-refractivity contribution in [3.05, 3.63) is 15.9 Å². The van der Waals surface area contributed by atoms with Crippen molar-refractivity contribution in [2.75, 3.05) is 13.2 Å². The number of hydrogen-bond donors (Lipinski definition) is 0. The first-order chi connectivity index (χ1) is 12.3. The van der Waals surface area contributed by atoms with Crippen LogP contribution in [0, 0.1) is 5.92 Å². The van der Waals surface area contributed by atoms with E-state index in [-0.39, 0.29) is 11.7 Å². The van der Waals surface area contributed by atoms with Crippen LogP contribution < -0.4 is 10.3 Å². The van der Waals surface area contributed by atoms with Crippen LogP contribution in [0.2, 0.25) is 0 Å². The van der Waals surface area contributed by atoms with Gasteiger partial charge in [-0.05, 0) is 25.2 Å². The van der Waals surface area contributed by atoms with E-state index in [1.54, 1.807) is 4.57 Å². The molecule has 1 aliphatic carbocycles. The molecule has 25 heavy (non-hydrogen) atoms. The highest BCUT2D eigenvalue weighted by Crippen LogP contribution is 2.33. The normalized spacial score (nSPS) is 23.6. The fraction of sp³-hybridized carbons (Fsp3) is 0.737. The van der Waals surface area contributed by atoms with Crippen molar-refractivity contribution in [2.45, 2.75) is 70.9 Å². The average Bonchev–Trinajstić information content (AvgIpc) is 3.29. The Morgan fingerprint density at radius 1 is 1.24 bits per heavy atom. The lowest BCUT2D eigenvalue weighted by atomic mass is 9.84. The summed E-state index contributed by atoms with van der Waals surface area (Å²) in [6.45, 7) is 3.96. The first-order valence-electron chi connectivity index (χ1n) is 9.72. The Balaban J connectivity index is 1.64. The standard InChI is InChI=1S/C19H27N3O3/c1-2-9-22-18(23)15-11-16(13-6-4-3-5-7-13)20-17(15)21-19(22)25-14-8-10-24-12-14/h13-14H,2-12H2,1H3/t14-/m1/s1. The van der Waals surface area contributed by atoms with Gasteiger partial charge in [-0.1, -0.05) is 26.2 Å². The maximum Gasteiger partial charge on any atom is 0.301 e. The van der Waals surface area contributed by atoms with Crippen LogP contribution in [0.4, 0.5) is 5.82 Å². The average molecular weight is 345 g/mol. The number of aliphatic imine (C=N–C) groups is 1. The topological polar surface area (TPSA) is 65.7 Å². The lowest BCUT2D eigenvalue weighted by Crippen LogP contribution is -2.29. The molecular formula is C19H27N3O3. The number of aromatic nitrogens is 2. The number of fused-ring (bicyclic) bond motifs is 1. The molecule has 1 saturated carbocycles. The van der Waals surface area contributed by atoms with Gasteiger partial charge < -0.3 is 9.47 Å². The number of hydrogen-bond acceptors (Lipinski definition) is 5. The maximum atomic E-state index is 13.0. The first kappa shape index (κ1) is 16.8. The van der Waals surface area contributed by atoms with Gasteiger partial charge in [0.05, 0.1) is 18.8 Å². The molecule has 2 fully saturated rings. The molecule has 1 aromatic rings. The van der Waals surface area contributed by atoms with E-state index in [4.69, 9.17) is 14.5 Å². The van der Waals surface area contributed by atoms with E-state index in [9.17, 15) is 4.79 Å². The van der Waals surface area contributed by atoms with Crippen LogP contribution in [0.1, 0.15) is 57.4 Å². The van der Waals surface area contributed by atoms with Crippen molar-refractivity contribution in [2.24, 2.45) is 10.9 Å². The molecule has 4 rings (SSSR count). The maximum absolute atomic E-state index is 13.0. The predicted molar refractivity (Wildman–Crippen MR) is 96.0 cm³/mol. The van der Waals surface area contributed by atoms with Gasteiger partial charge in [0.2, 0.25) is 0 Å². The fourth-order valence-electron chi connectivity index (χ4n) is 4.10. The Labute approximate surface area is 148 Å². The zero-order chi connectivity index (χ0) is 17.2. The lowest BCUT2D eigenvalue weighted by molar-refractivity contribution is 0.129. The SMILES string of the molecule is CCCn1c(O[C@@H]2CCOC2)nc2c(c1=O)CC(C1CCCCC1)=N2. The second kappa shape index (κ2) is 7.28. The van der Waals surface area contributed by atoms with Gasteiger partial charge in [0.15, 0.2) is 5.82 Å². The van der Waals surface area contributed by atoms with Crippen LogP contribution in [0.3, 0.4) is 0 Å². The molecule has 6 heteroatoms. The van der Waals surface area contributed by atoms with Crippen LogP contribution in [0.25, 0.3) is 0 Å². The third-order valence-corrected chi connectivity index (χ3v) is 5.50. The van der Waals surface area contributed by atoms with E-state index in [1.165, 1.54) is 32.1 Å². The van der Waals surface area contributed by atoms with E-state index in [0.717, 1.165) is 24.1 Å². The molecule has 0 spiro atoms. The number of ether oxygens (including phenoxy) is 2. The van der Waals surface area contributed by atoms with E-state index >= 15 is 0 Å². The van der Waals surface area contributed by atoms with Gasteiger partial charge in [-0.15, -0.1) is 0 Å². The monoisotopic (exact) mass is 345 g/mol. The highest BCUT2D eigenvalue weighted by molar-refractivity contribution is 5.94. The number of rotatable bonds is 5. The Hall–Kier alpha value is -1.69. The van der Waals surface area contributed by atoms with Gasteiger partial charge in [-0.3, -0.25) is 9.36 Å². The molecule has 2 aliphatic heterocycles. The van der Waals surface area contributed by atoms with Crippen LogP contribution in [0.5, 0.6) is 6.01 Å². The summed E-state index contributed by atoms with van der Waals surface area (Å²) >= 11 is 0. The molecule has 1 atom stereocenters. The Morgan fingerprint density at radius 3 is 2.80 bits per heavy atom. The molecule has 0 aromatic carbocycles. The molecule has 0 radical (unpaired) electrons. The zero-order valence-corrected chi connectivity index (χ0v) is 15.0. The second-order valence-electron chi connectivity index (χ2n) is 7.37. The highest BCUT2D eigenvalue weighted by atomic mass is 16.6. The van der Waals surface area contributed by atoms with E-state index in [2.05, 4.69) is 11.9 Å². The highest BCUT2D eigenvalue weighted by Gasteiger charge is 2.29. The van der Waals surface area contributed by atoms with Crippen LogP contribution in [0.15, 0.2) is 9.79 Å². The molecule has 0 amide bonds. The molecular weight excluding hydrogens is 318 g/mol. The van der Waals surface area contributed by atoms with Crippen LogP contribution in [-0.4, -0.2) is 34.6 Å². The first-order valence-corrected chi connectivity index (χ1v) is 9.72. The summed E-state index contributed by atoms with van der Waals surface area (Å²) < 4.78 is 13.1. The third kappa shape index (κ3) is 3.36. The molecule has 0 unspecified atom stereocenters. The minimum atomic E-state index is -0.0174. The van der Waals surface area contributed by atoms with Crippen molar-refractivity contribution in [1.82, 2.24) is 9.55 Å². The van der Waals surface area contributed by atoms with Gasteiger partial charge in [0.1, 0.15) is 6.10 Å². The molecule has 0 N–H and O–H groups in total. The molecule has 136 valence electrons. The summed E-state index contributed by atoms with van der Waals surface area (Å²) in [7, 11) is 0. The quantitative estimate of drug-likeness (QED) is 0.823. The van der Waals surface area contributed by atoms with Crippen molar-refractivity contribution in [3.63, 3.8) is 0 Å². The minimum Gasteiger partial charge on any atom is -0.459 e. The summed E-state index contributed by atoms with van der Waals surface area (Å²) in [6.07, 6.45) is 8.60.